The van der Waals surface area contributed by atoms with Gasteiger partial charge in [-0.25, -0.2) is 0 Å². The second kappa shape index (κ2) is 6.11. The zero-order valence-corrected chi connectivity index (χ0v) is 28.7. The quantitative estimate of drug-likeness (QED) is 0.140. The first-order chi connectivity index (χ1) is 25.3. The van der Waals surface area contributed by atoms with Crippen molar-refractivity contribution >= 4 is 141 Å². The molecule has 0 amide bonds. The number of ketones is 1. The molecule has 17 rings (SSSR count). The lowest BCUT2D eigenvalue weighted by atomic mass is 9.68. The third-order valence-electron chi connectivity index (χ3n) is 16.6. The van der Waals surface area contributed by atoms with Gasteiger partial charge in [-0.15, -0.1) is 0 Å². The van der Waals surface area contributed by atoms with Crippen LogP contribution >= 0.6 is 0 Å². The van der Waals surface area contributed by atoms with Crippen molar-refractivity contribution in [2.75, 3.05) is 7.11 Å². The number of Topliss-reactive ketones (excluding diaryl/α,β-unsaturated/α-hetero) is 1. The zero-order chi connectivity index (χ0) is 33.8. The first-order valence-corrected chi connectivity index (χ1v) is 18.8. The van der Waals surface area contributed by atoms with Crippen LogP contribution in [0.5, 0.6) is 0 Å². The van der Waals surface area contributed by atoms with E-state index in [0.717, 1.165) is 0 Å². The molecule has 2 spiro atoms. The average Bonchev–Trinajstić information content (AvgIpc) is 3.79. The van der Waals surface area contributed by atoms with Crippen molar-refractivity contribution in [2.45, 2.75) is 38.0 Å². The van der Waals surface area contributed by atoms with Crippen LogP contribution in [0.2, 0.25) is 0 Å². The minimum Gasteiger partial charge on any atom is -0.469 e. The Labute approximate surface area is 293 Å². The molecule has 0 aromatic heterocycles. The summed E-state index contributed by atoms with van der Waals surface area (Å²) in [4.78, 5) is 29.1. The molecule has 0 N–H and O–H groups in total. The lowest BCUT2D eigenvalue weighted by molar-refractivity contribution is -0.152. The number of hydrogen-bond acceptors (Lipinski definition) is 3. The van der Waals surface area contributed by atoms with Gasteiger partial charge < -0.3 is 4.74 Å². The molecular formula is C49H24O3. The average molecular weight is 661 g/mol. The maximum atomic E-state index is 15.3. The van der Waals surface area contributed by atoms with E-state index in [1.807, 2.05) is 20.8 Å². The number of esters is 1. The molecule has 3 nitrogen and oxygen atoms in total. The molecule has 5 aliphatic carbocycles. The minimum absolute atomic E-state index is 0.185. The number of fused-ring (bicyclic) bond motifs is 3. The maximum absolute atomic E-state index is 15.3. The Hall–Kier alpha value is -5.80. The second-order valence-electron chi connectivity index (χ2n) is 18.1. The van der Waals surface area contributed by atoms with Crippen LogP contribution in [0.1, 0.15) is 38.3 Å². The van der Waals surface area contributed by atoms with Crippen LogP contribution < -0.4 is 10.4 Å². The maximum Gasteiger partial charge on any atom is 0.311 e. The molecule has 2 atom stereocenters. The predicted octanol–water partition coefficient (Wildman–Crippen LogP) is 9.44. The first-order valence-electron chi connectivity index (χ1n) is 18.8. The van der Waals surface area contributed by atoms with E-state index in [4.69, 9.17) is 4.74 Å². The standard InChI is InChI=1S/C49H24O3/c1-16(50)47(15-46(2,3)45(51)52-4)48-25-13-14-26-24-12-10-22-20-8-6-18-17-5-7-19-21-9-11-23(25)33-31(21)36-29(19)27(17)35-28(18)30(20)37-32(22)34(24)44(49(26,47)48)42-40(37)38(35)39(36)41(42)43(33)48/h5-14H,15H2,1-4H3. The molecule has 0 bridgehead atoms. The van der Waals surface area contributed by atoms with E-state index in [2.05, 4.69) is 60.7 Å². The van der Waals surface area contributed by atoms with E-state index in [1.54, 1.807) is 0 Å². The Bertz CT molecular complexity index is 3830. The van der Waals surface area contributed by atoms with Crippen molar-refractivity contribution in [1.82, 2.24) is 0 Å². The lowest BCUT2D eigenvalue weighted by Gasteiger charge is -2.32. The highest BCUT2D eigenvalue weighted by atomic mass is 16.5. The summed E-state index contributed by atoms with van der Waals surface area (Å²) in [6.45, 7) is 5.84. The van der Waals surface area contributed by atoms with Crippen LogP contribution in [0.15, 0.2) is 60.7 Å². The van der Waals surface area contributed by atoms with Gasteiger partial charge in [0.1, 0.15) is 5.78 Å². The summed E-state index contributed by atoms with van der Waals surface area (Å²) < 4.78 is 5.51. The summed E-state index contributed by atoms with van der Waals surface area (Å²) in [6, 6.07) is 19.2. The van der Waals surface area contributed by atoms with Crippen LogP contribution in [0.3, 0.4) is 0 Å². The summed E-state index contributed by atoms with van der Waals surface area (Å²) in [6.07, 6.45) is 5.20. The minimum atomic E-state index is -0.880. The Morgan fingerprint density at radius 2 is 0.865 bits per heavy atom. The van der Waals surface area contributed by atoms with Gasteiger partial charge in [-0.3, -0.25) is 9.59 Å². The summed E-state index contributed by atoms with van der Waals surface area (Å²) in [5.74, 6) is -0.0688. The molecule has 2 unspecified atom stereocenters. The third-order valence-corrected chi connectivity index (χ3v) is 16.6. The van der Waals surface area contributed by atoms with E-state index < -0.39 is 21.7 Å². The van der Waals surface area contributed by atoms with E-state index >= 15 is 4.79 Å². The van der Waals surface area contributed by atoms with Gasteiger partial charge in [0.25, 0.3) is 0 Å². The molecule has 0 aliphatic heterocycles. The van der Waals surface area contributed by atoms with Gasteiger partial charge in [-0.1, -0.05) is 60.7 Å². The number of rotatable bonds is 4. The summed E-state index contributed by atoms with van der Waals surface area (Å²) >= 11 is 0. The Kier molecular flexibility index (Phi) is 2.87. The van der Waals surface area contributed by atoms with E-state index in [0.29, 0.717) is 6.42 Å². The smallest absolute Gasteiger partial charge is 0.311 e. The normalized spacial score (nSPS) is 25.6. The lowest BCUT2D eigenvalue weighted by Crippen LogP contribution is -2.36. The van der Waals surface area contributed by atoms with Crippen LogP contribution in [0.25, 0.3) is 130 Å². The number of carbonyl (C=O) groups excluding carboxylic acids is 2. The molecule has 52 heavy (non-hydrogen) atoms. The number of hydrogen-bond donors (Lipinski definition) is 0. The molecule has 12 aromatic carbocycles. The van der Waals surface area contributed by atoms with Gasteiger partial charge in [0, 0.05) is 0 Å². The van der Waals surface area contributed by atoms with Crippen molar-refractivity contribution in [3.63, 3.8) is 0 Å². The molecule has 238 valence electrons. The highest BCUT2D eigenvalue weighted by Gasteiger charge is 2.95. The van der Waals surface area contributed by atoms with Gasteiger partial charge in [0.15, 0.2) is 0 Å². The summed E-state index contributed by atoms with van der Waals surface area (Å²) in [5.41, 5.74) is 2.36. The largest absolute Gasteiger partial charge is 0.469 e. The molecule has 5 aliphatic rings. The molecular weight excluding hydrogens is 637 g/mol. The fraction of sp³-hybridized carbons (Fsp3) is 0.184. The highest BCUT2D eigenvalue weighted by molar-refractivity contribution is 6.64. The Morgan fingerprint density at radius 1 is 0.519 bits per heavy atom. The van der Waals surface area contributed by atoms with Crippen molar-refractivity contribution < 1.29 is 14.3 Å². The number of ether oxygens (including phenoxy) is 1. The predicted molar refractivity (Wildman–Crippen MR) is 211 cm³/mol. The molecule has 1 saturated carbocycles. The summed E-state index contributed by atoms with van der Waals surface area (Å²) in [7, 11) is 1.49. The summed E-state index contributed by atoms with van der Waals surface area (Å²) in [5, 5.41) is 33.4. The first kappa shape index (κ1) is 24.4. The van der Waals surface area contributed by atoms with E-state index in [9.17, 15) is 4.79 Å². The molecule has 12 aromatic rings. The van der Waals surface area contributed by atoms with Gasteiger partial charge in [-0.05, 0) is 178 Å². The van der Waals surface area contributed by atoms with Crippen LogP contribution in [0.4, 0.5) is 0 Å². The highest BCUT2D eigenvalue weighted by Crippen LogP contribution is 2.93. The van der Waals surface area contributed by atoms with Crippen LogP contribution in [-0.4, -0.2) is 18.9 Å². The molecule has 1 fully saturated rings. The Balaban J connectivity index is 1.32. The SMILES string of the molecule is COC(=O)C(C)(C)CC1(C(C)=O)C23C4=c5ccc6c7ccc8c9ccc%10c%11ccc%12c%13c(c%14c%15c2c5c6c2c7c8c5c9c%10c(c%13%11)c%14c5c%152)C13C=%12C=C4. The molecule has 3 heteroatoms. The molecule has 0 saturated heterocycles. The second-order valence-corrected chi connectivity index (χ2v) is 18.1. The molecule has 0 heterocycles. The van der Waals surface area contributed by atoms with Crippen molar-refractivity contribution in [3.05, 3.63) is 82.2 Å². The molecule has 0 radical (unpaired) electrons. The fourth-order valence-corrected chi connectivity index (χ4v) is 15.8. The number of methoxy groups -OCH3 is 1. The topological polar surface area (TPSA) is 43.4 Å². The van der Waals surface area contributed by atoms with Gasteiger partial charge >= 0.3 is 5.97 Å². The number of benzene rings is 8. The van der Waals surface area contributed by atoms with Gasteiger partial charge in [0.2, 0.25) is 0 Å². The number of carbonyl (C=O) groups is 2. The zero-order valence-electron chi connectivity index (χ0n) is 28.7. The van der Waals surface area contributed by atoms with Crippen LogP contribution in [-0.2, 0) is 25.2 Å². The van der Waals surface area contributed by atoms with Gasteiger partial charge in [-0.2, -0.15) is 0 Å². The van der Waals surface area contributed by atoms with E-state index in [1.165, 1.54) is 158 Å². The monoisotopic (exact) mass is 660 g/mol. The van der Waals surface area contributed by atoms with Crippen molar-refractivity contribution in [1.29, 1.82) is 0 Å². The fourth-order valence-electron chi connectivity index (χ4n) is 15.8. The number of allylic oxidation sites excluding steroid dienone is 2. The van der Waals surface area contributed by atoms with Crippen LogP contribution in [0, 0.1) is 10.8 Å². The van der Waals surface area contributed by atoms with E-state index in [-0.39, 0.29) is 11.8 Å². The van der Waals surface area contributed by atoms with Crippen molar-refractivity contribution in [2.24, 2.45) is 10.8 Å². The third kappa shape index (κ3) is 1.58. The Morgan fingerprint density at radius 3 is 1.25 bits per heavy atom. The van der Waals surface area contributed by atoms with Crippen molar-refractivity contribution in [3.8, 4) is 0 Å². The van der Waals surface area contributed by atoms with Gasteiger partial charge in [0.05, 0.1) is 28.8 Å².